The van der Waals surface area contributed by atoms with Crippen LogP contribution in [0, 0.1) is 6.92 Å². The number of nitrogens with zero attached hydrogens (tertiary/aromatic N) is 4. The van der Waals surface area contributed by atoms with E-state index in [0.717, 1.165) is 23.6 Å². The fourth-order valence-corrected chi connectivity index (χ4v) is 3.25. The molecule has 4 nitrogen and oxygen atoms in total. The normalized spacial score (nSPS) is 20.6. The standard InChI is InChI=1S/C13H23ClN4/c1-10-12(8-14)13(18(4)15-10)17(3)9-11-6-5-7-16(11)2/h11H,5-9H2,1-4H3. The van der Waals surface area contributed by atoms with Crippen LogP contribution < -0.4 is 4.90 Å². The van der Waals surface area contributed by atoms with E-state index in [-0.39, 0.29) is 0 Å². The first-order valence-electron chi connectivity index (χ1n) is 6.54. The molecule has 0 radical (unpaired) electrons. The summed E-state index contributed by atoms with van der Waals surface area (Å²) in [6, 6.07) is 0.647. The second-order valence-corrected chi connectivity index (χ2v) is 5.57. The smallest absolute Gasteiger partial charge is 0.131 e. The van der Waals surface area contributed by atoms with Crippen LogP contribution >= 0.6 is 11.6 Å². The minimum atomic E-state index is 0.528. The second kappa shape index (κ2) is 5.49. The van der Waals surface area contributed by atoms with Crippen LogP contribution in [0.5, 0.6) is 0 Å². The van der Waals surface area contributed by atoms with Gasteiger partial charge in [0.1, 0.15) is 5.82 Å². The molecule has 102 valence electrons. The summed E-state index contributed by atoms with van der Waals surface area (Å²) < 4.78 is 1.95. The lowest BCUT2D eigenvalue weighted by Crippen LogP contribution is -2.37. The summed E-state index contributed by atoms with van der Waals surface area (Å²) in [5.41, 5.74) is 2.19. The van der Waals surface area contributed by atoms with Gasteiger partial charge in [0.2, 0.25) is 0 Å². The van der Waals surface area contributed by atoms with Gasteiger partial charge in [0.25, 0.3) is 0 Å². The first-order chi connectivity index (χ1) is 8.54. The van der Waals surface area contributed by atoms with Crippen LogP contribution in [0.2, 0.25) is 0 Å². The van der Waals surface area contributed by atoms with Crippen LogP contribution in [0.1, 0.15) is 24.1 Å². The molecule has 2 rings (SSSR count). The Morgan fingerprint density at radius 1 is 1.44 bits per heavy atom. The number of likely N-dealkylation sites (tertiary alicyclic amines) is 1. The highest BCUT2D eigenvalue weighted by Crippen LogP contribution is 2.25. The zero-order chi connectivity index (χ0) is 13.3. The number of hydrogen-bond donors (Lipinski definition) is 0. The van der Waals surface area contributed by atoms with Gasteiger partial charge < -0.3 is 9.80 Å². The fraction of sp³-hybridized carbons (Fsp3) is 0.769. The molecule has 18 heavy (non-hydrogen) atoms. The summed E-state index contributed by atoms with van der Waals surface area (Å²) in [6.45, 7) is 4.28. The van der Waals surface area contributed by atoms with Crippen molar-refractivity contribution in [2.45, 2.75) is 31.7 Å². The van der Waals surface area contributed by atoms with E-state index in [2.05, 4.69) is 29.0 Å². The number of anilines is 1. The van der Waals surface area contributed by atoms with Crippen LogP contribution in [0.3, 0.4) is 0 Å². The van der Waals surface area contributed by atoms with Gasteiger partial charge in [-0.25, -0.2) is 0 Å². The van der Waals surface area contributed by atoms with Crippen molar-refractivity contribution in [1.82, 2.24) is 14.7 Å². The molecule has 0 spiro atoms. The topological polar surface area (TPSA) is 24.3 Å². The van der Waals surface area contributed by atoms with Crippen molar-refractivity contribution in [1.29, 1.82) is 0 Å². The van der Waals surface area contributed by atoms with Crippen LogP contribution in [0.4, 0.5) is 5.82 Å². The van der Waals surface area contributed by atoms with Gasteiger partial charge in [-0.15, -0.1) is 11.6 Å². The number of hydrogen-bond acceptors (Lipinski definition) is 3. The molecule has 5 heteroatoms. The lowest BCUT2D eigenvalue weighted by Gasteiger charge is -2.27. The van der Waals surface area contributed by atoms with Gasteiger partial charge in [0.15, 0.2) is 0 Å². The molecule has 1 aliphatic rings. The van der Waals surface area contributed by atoms with Crippen molar-refractivity contribution in [3.05, 3.63) is 11.3 Å². The third kappa shape index (κ3) is 2.50. The van der Waals surface area contributed by atoms with Crippen molar-refractivity contribution in [3.8, 4) is 0 Å². The van der Waals surface area contributed by atoms with Crippen molar-refractivity contribution < 1.29 is 0 Å². The lowest BCUT2D eigenvalue weighted by molar-refractivity contribution is 0.313. The highest BCUT2D eigenvalue weighted by Gasteiger charge is 2.24. The molecule has 1 atom stereocenters. The molecule has 1 aromatic heterocycles. The lowest BCUT2D eigenvalue weighted by atomic mass is 10.2. The molecule has 0 saturated carbocycles. The highest BCUT2D eigenvalue weighted by atomic mass is 35.5. The van der Waals surface area contributed by atoms with E-state index >= 15 is 0 Å². The van der Waals surface area contributed by atoms with Crippen molar-refractivity contribution >= 4 is 17.4 Å². The highest BCUT2D eigenvalue weighted by molar-refractivity contribution is 6.17. The molecule has 1 aliphatic heterocycles. The molecule has 2 heterocycles. The minimum Gasteiger partial charge on any atom is -0.358 e. The van der Waals surface area contributed by atoms with Crippen LogP contribution in [0.25, 0.3) is 0 Å². The second-order valence-electron chi connectivity index (χ2n) is 5.30. The van der Waals surface area contributed by atoms with E-state index in [1.807, 2.05) is 18.7 Å². The summed E-state index contributed by atoms with van der Waals surface area (Å²) in [4.78, 5) is 4.74. The van der Waals surface area contributed by atoms with E-state index in [0.29, 0.717) is 11.9 Å². The number of likely N-dealkylation sites (N-methyl/N-ethyl adjacent to an activating group) is 2. The predicted molar refractivity (Wildman–Crippen MR) is 76.4 cm³/mol. The number of aromatic nitrogens is 2. The maximum Gasteiger partial charge on any atom is 0.131 e. The van der Waals surface area contributed by atoms with E-state index in [4.69, 9.17) is 11.6 Å². The molecule has 1 fully saturated rings. The van der Waals surface area contributed by atoms with Gasteiger partial charge in [-0.3, -0.25) is 4.68 Å². The third-order valence-corrected chi connectivity index (χ3v) is 4.23. The Hall–Kier alpha value is -0.740. The van der Waals surface area contributed by atoms with E-state index in [9.17, 15) is 0 Å². The zero-order valence-corrected chi connectivity index (χ0v) is 12.5. The van der Waals surface area contributed by atoms with Gasteiger partial charge in [0, 0.05) is 32.2 Å². The van der Waals surface area contributed by atoms with Crippen molar-refractivity contribution in [3.63, 3.8) is 0 Å². The number of aryl methyl sites for hydroxylation is 2. The Labute approximate surface area is 115 Å². The number of alkyl halides is 1. The Morgan fingerprint density at radius 2 is 2.17 bits per heavy atom. The minimum absolute atomic E-state index is 0.528. The average molecular weight is 271 g/mol. The van der Waals surface area contributed by atoms with Gasteiger partial charge in [-0.05, 0) is 33.4 Å². The summed E-state index contributed by atoms with van der Waals surface area (Å²) in [5, 5.41) is 4.47. The number of halogens is 1. The Kier molecular flexibility index (Phi) is 4.17. The van der Waals surface area contributed by atoms with E-state index in [1.165, 1.54) is 19.4 Å². The van der Waals surface area contributed by atoms with Gasteiger partial charge in [-0.1, -0.05) is 0 Å². The zero-order valence-electron chi connectivity index (χ0n) is 11.8. The average Bonchev–Trinajstić information content (AvgIpc) is 2.82. The maximum atomic E-state index is 6.05. The first kappa shape index (κ1) is 13.7. The van der Waals surface area contributed by atoms with Crippen LogP contribution in [0.15, 0.2) is 0 Å². The molecule has 1 saturated heterocycles. The van der Waals surface area contributed by atoms with Crippen LogP contribution in [-0.2, 0) is 12.9 Å². The largest absolute Gasteiger partial charge is 0.358 e. The molecule has 0 amide bonds. The molecule has 0 bridgehead atoms. The summed E-state index contributed by atoms with van der Waals surface area (Å²) in [5.74, 6) is 1.68. The molecule has 0 aliphatic carbocycles. The first-order valence-corrected chi connectivity index (χ1v) is 7.07. The maximum absolute atomic E-state index is 6.05. The molecular weight excluding hydrogens is 248 g/mol. The van der Waals surface area contributed by atoms with Crippen LogP contribution in [-0.4, -0.2) is 47.9 Å². The predicted octanol–water partition coefficient (Wildman–Crippen LogP) is 2.00. The summed E-state index contributed by atoms with van der Waals surface area (Å²) in [6.07, 6.45) is 2.59. The summed E-state index contributed by atoms with van der Waals surface area (Å²) >= 11 is 6.05. The van der Waals surface area contributed by atoms with E-state index < -0.39 is 0 Å². The Bertz CT molecular complexity index is 415. The van der Waals surface area contributed by atoms with Gasteiger partial charge in [0.05, 0.1) is 11.6 Å². The van der Waals surface area contributed by atoms with E-state index in [1.54, 1.807) is 0 Å². The molecule has 0 N–H and O–H groups in total. The SMILES string of the molecule is Cc1nn(C)c(N(C)CC2CCCN2C)c1CCl. The molecule has 1 aromatic rings. The Balaban J connectivity index is 2.15. The van der Waals surface area contributed by atoms with Gasteiger partial charge >= 0.3 is 0 Å². The van der Waals surface area contributed by atoms with Crippen molar-refractivity contribution in [2.24, 2.45) is 7.05 Å². The van der Waals surface area contributed by atoms with Crippen molar-refractivity contribution in [2.75, 3.05) is 32.1 Å². The monoisotopic (exact) mass is 270 g/mol. The Morgan fingerprint density at radius 3 is 2.72 bits per heavy atom. The summed E-state index contributed by atoms with van der Waals surface area (Å²) in [7, 11) is 6.34. The number of rotatable bonds is 4. The molecule has 1 unspecified atom stereocenters. The van der Waals surface area contributed by atoms with Gasteiger partial charge in [-0.2, -0.15) is 5.10 Å². The third-order valence-electron chi connectivity index (χ3n) is 3.96. The molecule has 0 aromatic carbocycles. The quantitative estimate of drug-likeness (QED) is 0.782. The molecular formula is C13H23ClN4. The fourth-order valence-electron chi connectivity index (χ4n) is 2.94.